The molecule has 0 saturated carbocycles. The molecule has 9 heteroatoms. The SMILES string of the molecule is Cc1ccc(-n2nc(C(C)(C)C)cc2NC(=O)Nc2cccc(C(C(=O)Cc3cc(F)cc(F)c3)C3CCNCC3)c2)cc1. The summed E-state index contributed by atoms with van der Waals surface area (Å²) in [6.07, 6.45) is 1.51. The maximum Gasteiger partial charge on any atom is 0.324 e. The van der Waals surface area contributed by atoms with Gasteiger partial charge in [0.15, 0.2) is 0 Å². The molecule has 0 aliphatic carbocycles. The highest BCUT2D eigenvalue weighted by Gasteiger charge is 2.31. The summed E-state index contributed by atoms with van der Waals surface area (Å²) in [7, 11) is 0. The summed E-state index contributed by atoms with van der Waals surface area (Å²) < 4.78 is 29.5. The first-order chi connectivity index (χ1) is 21.0. The van der Waals surface area contributed by atoms with Crippen LogP contribution in [-0.2, 0) is 16.6 Å². The van der Waals surface area contributed by atoms with Crippen molar-refractivity contribution < 1.29 is 18.4 Å². The standard InChI is InChI=1S/C35H39F2N5O2/c1-22-8-10-29(11-9-22)42-32(21-31(41-42)35(2,3)4)40-34(44)39-28-7-5-6-25(19-28)33(24-12-14-38-15-13-24)30(43)18-23-16-26(36)20-27(37)17-23/h5-11,16-17,19-21,24,33,38H,12-15,18H2,1-4H3,(H2,39,40,44). The predicted octanol–water partition coefficient (Wildman–Crippen LogP) is 7.30. The molecule has 0 bridgehead atoms. The van der Waals surface area contributed by atoms with Crippen LogP contribution in [-0.4, -0.2) is 34.7 Å². The van der Waals surface area contributed by atoms with Crippen molar-refractivity contribution in [1.29, 1.82) is 0 Å². The molecule has 1 aromatic heterocycles. The van der Waals surface area contributed by atoms with Crippen LogP contribution in [0.2, 0.25) is 0 Å². The molecular formula is C35H39F2N5O2. The van der Waals surface area contributed by atoms with Crippen molar-refractivity contribution in [3.8, 4) is 5.69 Å². The molecule has 230 valence electrons. The van der Waals surface area contributed by atoms with Crippen molar-refractivity contribution in [1.82, 2.24) is 15.1 Å². The molecule has 1 saturated heterocycles. The van der Waals surface area contributed by atoms with Crippen LogP contribution < -0.4 is 16.0 Å². The van der Waals surface area contributed by atoms with E-state index in [2.05, 4.69) is 36.7 Å². The zero-order valence-corrected chi connectivity index (χ0v) is 25.6. The quantitative estimate of drug-likeness (QED) is 0.198. The largest absolute Gasteiger partial charge is 0.324 e. The summed E-state index contributed by atoms with van der Waals surface area (Å²) in [5, 5.41) is 14.0. The lowest BCUT2D eigenvalue weighted by Gasteiger charge is -2.30. The Balaban J connectivity index is 1.38. The molecular weight excluding hydrogens is 560 g/mol. The Bertz CT molecular complexity index is 1620. The van der Waals surface area contributed by atoms with Crippen molar-refractivity contribution in [3.05, 3.63) is 107 Å². The van der Waals surface area contributed by atoms with Gasteiger partial charge in [0.2, 0.25) is 0 Å². The van der Waals surface area contributed by atoms with Crippen molar-refractivity contribution >= 4 is 23.3 Å². The Hall–Kier alpha value is -4.37. The van der Waals surface area contributed by atoms with E-state index in [-0.39, 0.29) is 23.5 Å². The number of ketones is 1. The Morgan fingerprint density at radius 1 is 0.955 bits per heavy atom. The van der Waals surface area contributed by atoms with Gasteiger partial charge in [-0.25, -0.2) is 18.3 Å². The van der Waals surface area contributed by atoms with E-state index in [1.54, 1.807) is 10.7 Å². The molecule has 1 fully saturated rings. The molecule has 7 nitrogen and oxygen atoms in total. The number of carbonyl (C=O) groups excluding carboxylic acids is 2. The fourth-order valence-electron chi connectivity index (χ4n) is 5.73. The average Bonchev–Trinajstić information content (AvgIpc) is 3.38. The number of hydrogen-bond donors (Lipinski definition) is 3. The molecule has 2 amide bonds. The molecule has 44 heavy (non-hydrogen) atoms. The van der Waals surface area contributed by atoms with Gasteiger partial charge in [0.1, 0.15) is 23.2 Å². The lowest BCUT2D eigenvalue weighted by atomic mass is 9.76. The molecule has 3 aromatic carbocycles. The van der Waals surface area contributed by atoms with Gasteiger partial charge in [-0.3, -0.25) is 10.1 Å². The summed E-state index contributed by atoms with van der Waals surface area (Å²) in [5.74, 6) is -1.42. The van der Waals surface area contributed by atoms with Crippen molar-refractivity contribution in [3.63, 3.8) is 0 Å². The Morgan fingerprint density at radius 2 is 1.64 bits per heavy atom. The Morgan fingerprint density at radius 3 is 2.30 bits per heavy atom. The van der Waals surface area contributed by atoms with Gasteiger partial charge in [-0.2, -0.15) is 5.10 Å². The molecule has 1 aliphatic heterocycles. The zero-order valence-electron chi connectivity index (χ0n) is 25.6. The number of hydrogen-bond acceptors (Lipinski definition) is 4. The average molecular weight is 600 g/mol. The number of aryl methyl sites for hydroxylation is 1. The van der Waals surface area contributed by atoms with Crippen LogP contribution in [0.15, 0.2) is 72.8 Å². The van der Waals surface area contributed by atoms with E-state index < -0.39 is 23.6 Å². The Kier molecular flexibility index (Phi) is 9.25. The van der Waals surface area contributed by atoms with Crippen LogP contribution in [0, 0.1) is 24.5 Å². The van der Waals surface area contributed by atoms with Crippen LogP contribution in [0.25, 0.3) is 5.69 Å². The molecule has 0 spiro atoms. The van der Waals surface area contributed by atoms with Crippen molar-refractivity contribution in [2.45, 2.75) is 58.3 Å². The summed E-state index contributed by atoms with van der Waals surface area (Å²) in [4.78, 5) is 27.0. The molecule has 1 atom stereocenters. The van der Waals surface area contributed by atoms with Gasteiger partial charge < -0.3 is 10.6 Å². The zero-order chi connectivity index (χ0) is 31.4. The highest BCUT2D eigenvalue weighted by molar-refractivity contribution is 5.99. The van der Waals surface area contributed by atoms with Gasteiger partial charge in [-0.05, 0) is 86.3 Å². The van der Waals surface area contributed by atoms with E-state index in [1.807, 2.05) is 55.5 Å². The number of anilines is 2. The summed E-state index contributed by atoms with van der Waals surface area (Å²) in [6.45, 7) is 9.78. The fraction of sp³-hybridized carbons (Fsp3) is 0.343. The summed E-state index contributed by atoms with van der Waals surface area (Å²) in [5.41, 5.74) is 4.14. The molecule has 5 rings (SSSR count). The van der Waals surface area contributed by atoms with Crippen molar-refractivity contribution in [2.75, 3.05) is 23.7 Å². The first-order valence-corrected chi connectivity index (χ1v) is 15.0. The number of halogens is 2. The van der Waals surface area contributed by atoms with E-state index in [4.69, 9.17) is 5.10 Å². The number of nitrogens with one attached hydrogen (secondary N) is 3. The number of nitrogens with zero attached hydrogens (tertiary/aromatic N) is 2. The molecule has 3 N–H and O–H groups in total. The number of urea groups is 1. The minimum absolute atomic E-state index is 0.0610. The molecule has 4 aromatic rings. The second-order valence-corrected chi connectivity index (χ2v) is 12.6. The van der Waals surface area contributed by atoms with E-state index >= 15 is 0 Å². The van der Waals surface area contributed by atoms with Crippen LogP contribution >= 0.6 is 0 Å². The van der Waals surface area contributed by atoms with E-state index in [0.717, 1.165) is 54.5 Å². The predicted molar refractivity (Wildman–Crippen MR) is 169 cm³/mol. The van der Waals surface area contributed by atoms with Gasteiger partial charge >= 0.3 is 6.03 Å². The number of benzene rings is 3. The number of amides is 2. The number of carbonyl (C=O) groups is 2. The Labute approximate surface area is 257 Å². The third-order valence-corrected chi connectivity index (χ3v) is 8.00. The van der Waals surface area contributed by atoms with Gasteiger partial charge in [-0.1, -0.05) is 50.6 Å². The minimum Gasteiger partial charge on any atom is -0.317 e. The van der Waals surface area contributed by atoms with E-state index in [9.17, 15) is 18.4 Å². The third kappa shape index (κ3) is 7.58. The van der Waals surface area contributed by atoms with Crippen LogP contribution in [0.3, 0.4) is 0 Å². The van der Waals surface area contributed by atoms with Gasteiger partial charge in [0.25, 0.3) is 0 Å². The molecule has 1 aliphatic rings. The van der Waals surface area contributed by atoms with E-state index in [0.29, 0.717) is 17.1 Å². The first kappa shape index (κ1) is 31.1. The second kappa shape index (κ2) is 13.1. The number of aromatic nitrogens is 2. The monoisotopic (exact) mass is 599 g/mol. The normalized spacial score (nSPS) is 14.7. The number of Topliss-reactive ketones (excluding diaryl/α,β-unsaturated/α-hetero) is 1. The summed E-state index contributed by atoms with van der Waals surface area (Å²) >= 11 is 0. The number of rotatable bonds is 8. The fourth-order valence-corrected chi connectivity index (χ4v) is 5.73. The highest BCUT2D eigenvalue weighted by Crippen LogP contribution is 2.34. The maximum atomic E-state index is 13.9. The smallest absolute Gasteiger partial charge is 0.317 e. The van der Waals surface area contributed by atoms with Gasteiger partial charge in [0.05, 0.1) is 11.4 Å². The maximum absolute atomic E-state index is 13.9. The number of piperidine rings is 1. The highest BCUT2D eigenvalue weighted by atomic mass is 19.1. The lowest BCUT2D eigenvalue weighted by Crippen LogP contribution is -2.34. The molecule has 0 radical (unpaired) electrons. The minimum atomic E-state index is -0.707. The molecule has 1 unspecified atom stereocenters. The van der Waals surface area contributed by atoms with Crippen molar-refractivity contribution in [2.24, 2.45) is 5.92 Å². The lowest BCUT2D eigenvalue weighted by molar-refractivity contribution is -0.121. The summed E-state index contributed by atoms with van der Waals surface area (Å²) in [6, 6.07) is 19.8. The topological polar surface area (TPSA) is 88.1 Å². The third-order valence-electron chi connectivity index (χ3n) is 8.00. The first-order valence-electron chi connectivity index (χ1n) is 15.0. The van der Waals surface area contributed by atoms with E-state index in [1.165, 1.54) is 12.1 Å². The van der Waals surface area contributed by atoms with Crippen LogP contribution in [0.4, 0.5) is 25.1 Å². The second-order valence-electron chi connectivity index (χ2n) is 12.6. The van der Waals surface area contributed by atoms with Crippen LogP contribution in [0.5, 0.6) is 0 Å². The van der Waals surface area contributed by atoms with Crippen LogP contribution in [0.1, 0.15) is 61.9 Å². The van der Waals surface area contributed by atoms with Gasteiger partial charge in [0, 0.05) is 35.6 Å². The molecule has 2 heterocycles. The van der Waals surface area contributed by atoms with Gasteiger partial charge in [-0.15, -0.1) is 0 Å².